The van der Waals surface area contributed by atoms with Gasteiger partial charge in [0.15, 0.2) is 0 Å². The molecule has 1 aliphatic rings. The third kappa shape index (κ3) is 4.30. The maximum atomic E-state index is 12.9. The summed E-state index contributed by atoms with van der Waals surface area (Å²) in [4.78, 5) is 38.9. The van der Waals surface area contributed by atoms with Gasteiger partial charge in [-0.3, -0.25) is 9.59 Å². The number of anilines is 2. The maximum absolute atomic E-state index is 12.9. The number of rotatable bonds is 5. The summed E-state index contributed by atoms with van der Waals surface area (Å²) >= 11 is 9.51. The van der Waals surface area contributed by atoms with Crippen LogP contribution >= 0.6 is 27.5 Å². The van der Waals surface area contributed by atoms with Crippen molar-refractivity contribution in [2.24, 2.45) is 0 Å². The van der Waals surface area contributed by atoms with E-state index in [1.807, 2.05) is 6.07 Å². The predicted molar refractivity (Wildman–Crippen MR) is 126 cm³/mol. The van der Waals surface area contributed by atoms with E-state index < -0.39 is 17.8 Å². The second-order valence-corrected chi connectivity index (χ2v) is 8.26. The molecule has 0 saturated heterocycles. The average Bonchev–Trinajstić information content (AvgIpc) is 2.99. The number of halogens is 2. The number of para-hydroxylation sites is 1. The van der Waals surface area contributed by atoms with E-state index in [-0.39, 0.29) is 10.7 Å². The average molecular weight is 512 g/mol. The van der Waals surface area contributed by atoms with Crippen molar-refractivity contribution in [1.82, 2.24) is 0 Å². The number of hydrogen-bond donors (Lipinski definition) is 1. The van der Waals surface area contributed by atoms with E-state index >= 15 is 0 Å². The molecule has 1 aliphatic heterocycles. The Balaban J connectivity index is 1.49. The number of imide groups is 1. The molecule has 3 aromatic rings. The first-order chi connectivity index (χ1) is 15.3. The summed E-state index contributed by atoms with van der Waals surface area (Å²) in [7, 11) is 0. The van der Waals surface area contributed by atoms with E-state index in [1.165, 1.54) is 0 Å². The van der Waals surface area contributed by atoms with E-state index in [2.05, 4.69) is 21.2 Å². The van der Waals surface area contributed by atoms with Crippen LogP contribution in [0.15, 0.2) is 88.0 Å². The van der Waals surface area contributed by atoms with Gasteiger partial charge in [0.2, 0.25) is 0 Å². The fraction of sp³-hybridized carbons (Fsp3) is 0.0417. The molecule has 160 valence electrons. The number of amides is 2. The Morgan fingerprint density at radius 1 is 0.938 bits per heavy atom. The highest BCUT2D eigenvalue weighted by atomic mass is 79.9. The van der Waals surface area contributed by atoms with E-state index in [9.17, 15) is 14.4 Å². The summed E-state index contributed by atoms with van der Waals surface area (Å²) in [6.07, 6.45) is 0. The standard InChI is InChI=1S/C24H16BrClN2O4/c1-14-4-2-3-5-19(14)28-22(29)20(26)21(23(28)30)27-17-10-6-15(7-11-17)24(31)32-18-12-8-16(25)9-13-18/h2-13,27H,1H3. The molecule has 0 unspecified atom stereocenters. The quantitative estimate of drug-likeness (QED) is 0.281. The van der Waals surface area contributed by atoms with Gasteiger partial charge in [-0.05, 0) is 67.1 Å². The molecule has 8 heteroatoms. The zero-order valence-electron chi connectivity index (χ0n) is 16.8. The number of ether oxygens (including phenoxy) is 1. The molecular weight excluding hydrogens is 496 g/mol. The van der Waals surface area contributed by atoms with Gasteiger partial charge in [0, 0.05) is 10.2 Å². The SMILES string of the molecule is Cc1ccccc1N1C(=O)C(Cl)=C(Nc2ccc(C(=O)Oc3ccc(Br)cc3)cc2)C1=O. The second-order valence-electron chi connectivity index (χ2n) is 6.97. The molecule has 0 aromatic heterocycles. The van der Waals surface area contributed by atoms with Crippen LogP contribution in [0, 0.1) is 6.92 Å². The third-order valence-corrected chi connectivity index (χ3v) is 5.68. The highest BCUT2D eigenvalue weighted by Crippen LogP contribution is 2.31. The number of nitrogens with one attached hydrogen (secondary N) is 1. The topological polar surface area (TPSA) is 75.7 Å². The molecule has 0 spiro atoms. The summed E-state index contributed by atoms with van der Waals surface area (Å²) in [5.41, 5.74) is 2.04. The number of carbonyl (C=O) groups excluding carboxylic acids is 3. The molecule has 0 saturated carbocycles. The number of carbonyl (C=O) groups is 3. The minimum Gasteiger partial charge on any atom is -0.423 e. The molecule has 0 fully saturated rings. The Labute approximate surface area is 197 Å². The lowest BCUT2D eigenvalue weighted by molar-refractivity contribution is -0.120. The molecule has 0 bridgehead atoms. The molecule has 3 aromatic carbocycles. The first kappa shape index (κ1) is 21.8. The highest BCUT2D eigenvalue weighted by molar-refractivity contribution is 9.10. The van der Waals surface area contributed by atoms with E-state index in [0.717, 1.165) is 14.9 Å². The summed E-state index contributed by atoms with van der Waals surface area (Å²) in [6, 6.07) is 20.3. The minimum absolute atomic E-state index is 0.0230. The largest absolute Gasteiger partial charge is 0.423 e. The molecule has 1 heterocycles. The van der Waals surface area contributed by atoms with Gasteiger partial charge < -0.3 is 10.1 Å². The Kier molecular flexibility index (Phi) is 6.12. The lowest BCUT2D eigenvalue weighted by Gasteiger charge is -2.17. The van der Waals surface area contributed by atoms with Gasteiger partial charge in [-0.25, -0.2) is 9.69 Å². The number of esters is 1. The van der Waals surface area contributed by atoms with E-state index in [4.69, 9.17) is 16.3 Å². The number of nitrogens with zero attached hydrogens (tertiary/aromatic N) is 1. The van der Waals surface area contributed by atoms with Crippen molar-refractivity contribution in [2.75, 3.05) is 10.2 Å². The summed E-state index contributed by atoms with van der Waals surface area (Å²) in [5.74, 6) is -1.24. The van der Waals surface area contributed by atoms with Gasteiger partial charge in [-0.2, -0.15) is 0 Å². The zero-order valence-corrected chi connectivity index (χ0v) is 19.1. The molecule has 4 rings (SSSR count). The van der Waals surface area contributed by atoms with Crippen LogP contribution in [0.4, 0.5) is 11.4 Å². The summed E-state index contributed by atoms with van der Waals surface area (Å²) in [5, 5.41) is 2.69. The van der Waals surface area contributed by atoms with Gasteiger partial charge in [-0.15, -0.1) is 0 Å². The van der Waals surface area contributed by atoms with Crippen LogP contribution in [-0.2, 0) is 9.59 Å². The smallest absolute Gasteiger partial charge is 0.343 e. The molecule has 6 nitrogen and oxygen atoms in total. The van der Waals surface area contributed by atoms with Crippen molar-refractivity contribution < 1.29 is 19.1 Å². The maximum Gasteiger partial charge on any atom is 0.343 e. The third-order valence-electron chi connectivity index (χ3n) is 4.80. The lowest BCUT2D eigenvalue weighted by atomic mass is 10.2. The van der Waals surface area contributed by atoms with Crippen molar-refractivity contribution in [3.05, 3.63) is 99.1 Å². The van der Waals surface area contributed by atoms with Crippen LogP contribution in [0.3, 0.4) is 0 Å². The number of hydrogen-bond acceptors (Lipinski definition) is 5. The van der Waals surface area contributed by atoms with Gasteiger partial charge in [0.05, 0.1) is 11.3 Å². The van der Waals surface area contributed by atoms with Crippen LogP contribution in [0.25, 0.3) is 0 Å². The van der Waals surface area contributed by atoms with E-state index in [1.54, 1.807) is 73.7 Å². The van der Waals surface area contributed by atoms with Crippen molar-refractivity contribution in [1.29, 1.82) is 0 Å². The van der Waals surface area contributed by atoms with Crippen molar-refractivity contribution in [3.63, 3.8) is 0 Å². The Morgan fingerprint density at radius 2 is 1.59 bits per heavy atom. The Hall–Kier alpha value is -3.42. The molecule has 0 atom stereocenters. The molecule has 0 radical (unpaired) electrons. The van der Waals surface area contributed by atoms with Crippen molar-refractivity contribution >= 4 is 56.7 Å². The molecular formula is C24H16BrClN2O4. The predicted octanol–water partition coefficient (Wildman–Crippen LogP) is 5.41. The van der Waals surface area contributed by atoms with E-state index in [0.29, 0.717) is 22.7 Å². The number of benzene rings is 3. The Morgan fingerprint density at radius 3 is 2.25 bits per heavy atom. The van der Waals surface area contributed by atoms with Gasteiger partial charge >= 0.3 is 5.97 Å². The van der Waals surface area contributed by atoms with Crippen LogP contribution < -0.4 is 15.0 Å². The van der Waals surface area contributed by atoms with Gasteiger partial charge in [-0.1, -0.05) is 45.7 Å². The normalized spacial score (nSPS) is 13.5. The van der Waals surface area contributed by atoms with Crippen LogP contribution in [0.2, 0.25) is 0 Å². The summed E-state index contributed by atoms with van der Waals surface area (Å²) in [6.45, 7) is 1.81. The second kappa shape index (κ2) is 8.98. The first-order valence-corrected chi connectivity index (χ1v) is 10.7. The van der Waals surface area contributed by atoms with Crippen LogP contribution in [0.1, 0.15) is 15.9 Å². The fourth-order valence-corrected chi connectivity index (χ4v) is 3.62. The lowest BCUT2D eigenvalue weighted by Crippen LogP contribution is -2.32. The van der Waals surface area contributed by atoms with Crippen molar-refractivity contribution in [3.8, 4) is 5.75 Å². The molecule has 2 amide bonds. The number of aryl methyl sites for hydroxylation is 1. The van der Waals surface area contributed by atoms with Gasteiger partial charge in [0.1, 0.15) is 16.5 Å². The minimum atomic E-state index is -0.594. The van der Waals surface area contributed by atoms with Crippen molar-refractivity contribution in [2.45, 2.75) is 6.92 Å². The monoisotopic (exact) mass is 510 g/mol. The first-order valence-electron chi connectivity index (χ1n) is 9.54. The highest BCUT2D eigenvalue weighted by Gasteiger charge is 2.39. The summed E-state index contributed by atoms with van der Waals surface area (Å²) < 4.78 is 6.21. The van der Waals surface area contributed by atoms with Gasteiger partial charge in [0.25, 0.3) is 11.8 Å². The van der Waals surface area contributed by atoms with Crippen LogP contribution in [0.5, 0.6) is 5.75 Å². The zero-order chi connectivity index (χ0) is 22.8. The molecule has 0 aliphatic carbocycles. The Bertz CT molecular complexity index is 1250. The molecule has 1 N–H and O–H groups in total. The van der Waals surface area contributed by atoms with Crippen LogP contribution in [-0.4, -0.2) is 17.8 Å². The molecule has 32 heavy (non-hydrogen) atoms. The fourth-order valence-electron chi connectivity index (χ4n) is 3.15.